The molecule has 0 N–H and O–H groups in total. The van der Waals surface area contributed by atoms with E-state index in [1.54, 1.807) is 0 Å². The monoisotopic (exact) mass is 788 g/mol. The van der Waals surface area contributed by atoms with Crippen LogP contribution in [0.5, 0.6) is 0 Å². The maximum absolute atomic E-state index is 4.11. The molecule has 8 aromatic carbocycles. The molecular formula is C57H44N2S. The first kappa shape index (κ1) is 37.1. The van der Waals surface area contributed by atoms with Gasteiger partial charge in [-0.3, -0.25) is 0 Å². The summed E-state index contributed by atoms with van der Waals surface area (Å²) >= 11 is 1.81. The molecule has 10 aromatic rings. The zero-order chi connectivity index (χ0) is 40.7. The van der Waals surface area contributed by atoms with Gasteiger partial charge in [-0.1, -0.05) is 152 Å². The van der Waals surface area contributed by atoms with E-state index in [-0.39, 0.29) is 0 Å². The average molecular weight is 789 g/mol. The Bertz CT molecular complexity index is 3290. The first-order chi connectivity index (χ1) is 29.6. The zero-order valence-electron chi connectivity index (χ0n) is 34.1. The number of anilines is 3. The third-order valence-electron chi connectivity index (χ3n) is 11.9. The fourth-order valence-corrected chi connectivity index (χ4v) is 10.2. The standard InChI is InChI=1S/C57H44N2S/c1-5-16-47-38(4)57(60-56(47)7-3)46(6-2)42-29-34-45(35-30-42)58(52-25-14-19-40-17-8-10-21-48(40)52)44-32-27-39(28-33-44)43-31-36-55-51(37-43)50-23-12-13-24-54(50)59(55)53-26-15-20-41-18-9-11-22-49(41)53/h5-37H,3H2,1-2,4H3/b16-5-,46-6-. The highest BCUT2D eigenvalue weighted by Gasteiger charge is 2.20. The van der Waals surface area contributed by atoms with Crippen LogP contribution in [-0.4, -0.2) is 4.57 Å². The van der Waals surface area contributed by atoms with Gasteiger partial charge in [0.2, 0.25) is 0 Å². The average Bonchev–Trinajstić information content (AvgIpc) is 3.80. The van der Waals surface area contributed by atoms with Crippen LogP contribution in [0.2, 0.25) is 0 Å². The Hall–Kier alpha value is -7.20. The number of aromatic nitrogens is 1. The number of thiophene rings is 1. The normalized spacial score (nSPS) is 12.0. The molecule has 2 heterocycles. The van der Waals surface area contributed by atoms with Crippen molar-refractivity contribution in [3.63, 3.8) is 0 Å². The first-order valence-electron chi connectivity index (χ1n) is 20.6. The van der Waals surface area contributed by atoms with Crippen LogP contribution >= 0.6 is 11.3 Å². The van der Waals surface area contributed by atoms with Gasteiger partial charge < -0.3 is 9.47 Å². The molecule has 0 unspecified atom stereocenters. The Kier molecular flexibility index (Phi) is 9.60. The Labute approximate surface area is 355 Å². The van der Waals surface area contributed by atoms with Crippen molar-refractivity contribution < 1.29 is 0 Å². The van der Waals surface area contributed by atoms with Crippen LogP contribution in [0.4, 0.5) is 17.1 Å². The van der Waals surface area contributed by atoms with Gasteiger partial charge in [-0.05, 0) is 120 Å². The number of hydrogen-bond donors (Lipinski definition) is 0. The first-order valence-corrected chi connectivity index (χ1v) is 21.4. The summed E-state index contributed by atoms with van der Waals surface area (Å²) in [6.45, 7) is 10.5. The summed E-state index contributed by atoms with van der Waals surface area (Å²) in [7, 11) is 0. The van der Waals surface area contributed by atoms with Gasteiger partial charge in [0.25, 0.3) is 0 Å². The molecule has 0 atom stereocenters. The van der Waals surface area contributed by atoms with E-state index in [0.717, 1.165) is 17.1 Å². The molecule has 0 aliphatic carbocycles. The second-order valence-electron chi connectivity index (χ2n) is 15.3. The summed E-state index contributed by atoms with van der Waals surface area (Å²) in [5.41, 5.74) is 14.3. The lowest BCUT2D eigenvalue weighted by Gasteiger charge is -2.27. The zero-order valence-corrected chi connectivity index (χ0v) is 34.9. The number of para-hydroxylation sites is 1. The van der Waals surface area contributed by atoms with Crippen molar-refractivity contribution in [2.45, 2.75) is 20.8 Å². The second-order valence-corrected chi connectivity index (χ2v) is 16.3. The Morgan fingerprint density at radius 2 is 1.18 bits per heavy atom. The van der Waals surface area contributed by atoms with Crippen molar-refractivity contribution >= 4 is 89.5 Å². The van der Waals surface area contributed by atoms with E-state index in [0.29, 0.717) is 0 Å². The fourth-order valence-electron chi connectivity index (χ4n) is 9.00. The topological polar surface area (TPSA) is 8.17 Å². The SMILES string of the molecule is C=Cc1sc(/C(=C\C)c2ccc(N(c3ccc(-c4ccc5c(c4)c4ccccc4n5-c4cccc5ccccc45)cc3)c3cccc4ccccc34)cc2)c(C)c1/C=C\C. The molecule has 3 heteroatoms. The molecule has 2 nitrogen and oxygen atoms in total. The smallest absolute Gasteiger partial charge is 0.0541 e. The van der Waals surface area contributed by atoms with Crippen molar-refractivity contribution in [2.24, 2.45) is 0 Å². The second kappa shape index (κ2) is 15.5. The predicted octanol–water partition coefficient (Wildman–Crippen LogP) is 16.7. The molecule has 0 saturated heterocycles. The lowest BCUT2D eigenvalue weighted by atomic mass is 9.98. The lowest BCUT2D eigenvalue weighted by molar-refractivity contribution is 1.20. The predicted molar refractivity (Wildman–Crippen MR) is 263 cm³/mol. The summed E-state index contributed by atoms with van der Waals surface area (Å²) in [6, 6.07) is 64.3. The van der Waals surface area contributed by atoms with E-state index < -0.39 is 0 Å². The summed E-state index contributed by atoms with van der Waals surface area (Å²) in [5, 5.41) is 7.40. The Morgan fingerprint density at radius 3 is 1.90 bits per heavy atom. The Balaban J connectivity index is 1.05. The lowest BCUT2D eigenvalue weighted by Crippen LogP contribution is -2.10. The highest BCUT2D eigenvalue weighted by Crippen LogP contribution is 2.43. The van der Waals surface area contributed by atoms with Gasteiger partial charge in [0, 0.05) is 42.7 Å². The molecule has 60 heavy (non-hydrogen) atoms. The summed E-state index contributed by atoms with van der Waals surface area (Å²) < 4.78 is 2.42. The molecule has 2 aromatic heterocycles. The van der Waals surface area contributed by atoms with Crippen LogP contribution in [0.25, 0.3) is 77.9 Å². The molecule has 10 rings (SSSR count). The number of hydrogen-bond acceptors (Lipinski definition) is 2. The summed E-state index contributed by atoms with van der Waals surface area (Å²) in [4.78, 5) is 4.88. The molecular weight excluding hydrogens is 745 g/mol. The molecule has 0 aliphatic heterocycles. The molecule has 0 spiro atoms. The molecule has 0 saturated carbocycles. The van der Waals surface area contributed by atoms with E-state index in [1.807, 2.05) is 17.4 Å². The van der Waals surface area contributed by atoms with Crippen molar-refractivity contribution in [1.82, 2.24) is 4.57 Å². The van der Waals surface area contributed by atoms with Crippen molar-refractivity contribution in [3.8, 4) is 16.8 Å². The molecule has 288 valence electrons. The van der Waals surface area contributed by atoms with E-state index in [1.165, 1.54) is 92.2 Å². The van der Waals surface area contributed by atoms with Gasteiger partial charge in [-0.25, -0.2) is 0 Å². The van der Waals surface area contributed by atoms with Crippen LogP contribution in [0.3, 0.4) is 0 Å². The highest BCUT2D eigenvalue weighted by atomic mass is 32.1. The van der Waals surface area contributed by atoms with Gasteiger partial charge in [-0.15, -0.1) is 11.3 Å². The van der Waals surface area contributed by atoms with E-state index in [2.05, 4.69) is 231 Å². The fraction of sp³-hybridized carbons (Fsp3) is 0.0526. The number of rotatable bonds is 9. The van der Waals surface area contributed by atoms with E-state index >= 15 is 0 Å². The van der Waals surface area contributed by atoms with Crippen LogP contribution in [0, 0.1) is 6.92 Å². The van der Waals surface area contributed by atoms with Crippen molar-refractivity contribution in [2.75, 3.05) is 4.90 Å². The summed E-state index contributed by atoms with van der Waals surface area (Å²) in [5.74, 6) is 0. The highest BCUT2D eigenvalue weighted by molar-refractivity contribution is 7.14. The van der Waals surface area contributed by atoms with Gasteiger partial charge in [0.1, 0.15) is 0 Å². The van der Waals surface area contributed by atoms with Gasteiger partial charge in [-0.2, -0.15) is 0 Å². The molecule has 0 fully saturated rings. The third kappa shape index (κ3) is 6.27. The molecule has 0 amide bonds. The van der Waals surface area contributed by atoms with Crippen molar-refractivity contribution in [3.05, 3.63) is 221 Å². The Morgan fingerprint density at radius 1 is 0.583 bits per heavy atom. The minimum absolute atomic E-state index is 1.10. The molecule has 0 radical (unpaired) electrons. The number of nitrogens with zero attached hydrogens (tertiary/aromatic N) is 2. The maximum Gasteiger partial charge on any atom is 0.0541 e. The quantitative estimate of drug-likeness (QED) is 0.141. The summed E-state index contributed by atoms with van der Waals surface area (Å²) in [6.07, 6.45) is 8.51. The molecule has 0 aliphatic rings. The van der Waals surface area contributed by atoms with Crippen LogP contribution < -0.4 is 4.90 Å². The third-order valence-corrected chi connectivity index (χ3v) is 13.2. The molecule has 0 bridgehead atoms. The van der Waals surface area contributed by atoms with Gasteiger partial charge in [0.05, 0.1) is 22.4 Å². The minimum Gasteiger partial charge on any atom is -0.310 e. The van der Waals surface area contributed by atoms with Crippen LogP contribution in [0.15, 0.2) is 195 Å². The number of fused-ring (bicyclic) bond motifs is 5. The van der Waals surface area contributed by atoms with E-state index in [4.69, 9.17) is 0 Å². The maximum atomic E-state index is 4.11. The van der Waals surface area contributed by atoms with Gasteiger partial charge >= 0.3 is 0 Å². The van der Waals surface area contributed by atoms with Gasteiger partial charge in [0.15, 0.2) is 0 Å². The number of allylic oxidation sites excluding steroid dienone is 2. The number of benzene rings is 8. The largest absolute Gasteiger partial charge is 0.310 e. The van der Waals surface area contributed by atoms with Crippen LogP contribution in [0.1, 0.15) is 40.3 Å². The van der Waals surface area contributed by atoms with Crippen LogP contribution in [-0.2, 0) is 0 Å². The van der Waals surface area contributed by atoms with Crippen molar-refractivity contribution in [1.29, 1.82) is 0 Å². The van der Waals surface area contributed by atoms with E-state index in [9.17, 15) is 0 Å². The minimum atomic E-state index is 1.10.